The Hall–Kier alpha value is -3.91. The molecule has 2 N–H and O–H groups in total. The van der Waals surface area contributed by atoms with Gasteiger partial charge in [-0.25, -0.2) is 15.4 Å². The van der Waals surface area contributed by atoms with Crippen molar-refractivity contribution in [3.63, 3.8) is 0 Å². The molecular weight excluding hydrogens is 404 g/mol. The molecule has 4 heterocycles. The first-order valence-electron chi connectivity index (χ1n) is 10.4. The number of nitrogens with zero attached hydrogens (tertiary/aromatic N) is 4. The van der Waals surface area contributed by atoms with Gasteiger partial charge in [-0.2, -0.15) is 0 Å². The Morgan fingerprint density at radius 1 is 1.06 bits per heavy atom. The smallest absolute Gasteiger partial charge is 0.160 e. The van der Waals surface area contributed by atoms with Gasteiger partial charge < -0.3 is 14.8 Å². The molecule has 0 spiro atoms. The number of hydrogen-bond acceptors (Lipinski definition) is 8. The van der Waals surface area contributed by atoms with Crippen molar-refractivity contribution in [3.8, 4) is 11.5 Å². The van der Waals surface area contributed by atoms with E-state index in [9.17, 15) is 0 Å². The lowest BCUT2D eigenvalue weighted by Gasteiger charge is -2.27. The third-order valence-corrected chi connectivity index (χ3v) is 5.58. The fourth-order valence-electron chi connectivity index (χ4n) is 3.99. The first-order chi connectivity index (χ1) is 15.8. The van der Waals surface area contributed by atoms with Gasteiger partial charge in [0, 0.05) is 35.6 Å². The third-order valence-electron chi connectivity index (χ3n) is 5.58. The third kappa shape index (κ3) is 3.76. The van der Waals surface area contributed by atoms with Gasteiger partial charge in [-0.05, 0) is 42.3 Å². The first kappa shape index (κ1) is 20.0. The average molecular weight is 428 g/mol. The molecule has 0 radical (unpaired) electrons. The standard InChI is InChI=1S/C24H24N6O2/c1-31-21-6-5-16(12-22(21)32-2)7-11-28-30-14-19-17-8-10-25-13-20(17)29-24-18(4-3-9-26-24)23(19)27-15-30/h3-6,8-10,12-13,15,28H,7,11,14H2,1-2H3,(H,26,29). The highest BCUT2D eigenvalue weighted by Gasteiger charge is 2.25. The Morgan fingerprint density at radius 3 is 2.84 bits per heavy atom. The van der Waals surface area contributed by atoms with Crippen molar-refractivity contribution in [1.29, 1.82) is 0 Å². The predicted octanol–water partition coefficient (Wildman–Crippen LogP) is 3.51. The molecule has 8 nitrogen and oxygen atoms in total. The second-order valence-corrected chi connectivity index (χ2v) is 7.49. The maximum atomic E-state index is 5.41. The molecule has 0 amide bonds. The zero-order valence-corrected chi connectivity index (χ0v) is 18.0. The van der Waals surface area contributed by atoms with Gasteiger partial charge in [0.15, 0.2) is 11.5 Å². The van der Waals surface area contributed by atoms with E-state index in [0.717, 1.165) is 58.4 Å². The molecule has 2 aliphatic rings. The molecule has 2 aliphatic heterocycles. The molecule has 2 aromatic heterocycles. The Bertz CT molecular complexity index is 1210. The van der Waals surface area contributed by atoms with Crippen LogP contribution in [0.5, 0.6) is 11.5 Å². The Balaban J connectivity index is 1.33. The Kier molecular flexibility index (Phi) is 5.43. The van der Waals surface area contributed by atoms with Crippen molar-refractivity contribution in [2.75, 3.05) is 32.6 Å². The number of aromatic nitrogens is 2. The van der Waals surface area contributed by atoms with E-state index in [0.29, 0.717) is 6.54 Å². The zero-order chi connectivity index (χ0) is 21.9. The van der Waals surface area contributed by atoms with Crippen molar-refractivity contribution in [1.82, 2.24) is 20.4 Å². The van der Waals surface area contributed by atoms with Gasteiger partial charge in [-0.15, -0.1) is 0 Å². The minimum absolute atomic E-state index is 0.678. The SMILES string of the molecule is COc1ccc(CCNN2C=NC3=C(C2)c2ccncc2Nc2ncccc23)cc1OC. The van der Waals surface area contributed by atoms with Crippen LogP contribution in [0.25, 0.3) is 11.3 Å². The number of hydrazine groups is 1. The van der Waals surface area contributed by atoms with E-state index in [1.165, 1.54) is 5.56 Å². The number of fused-ring (bicyclic) bond motifs is 4. The van der Waals surface area contributed by atoms with E-state index in [1.807, 2.05) is 54.1 Å². The number of benzene rings is 1. The predicted molar refractivity (Wildman–Crippen MR) is 125 cm³/mol. The maximum absolute atomic E-state index is 5.41. The molecule has 0 bridgehead atoms. The van der Waals surface area contributed by atoms with Crippen LogP contribution in [-0.2, 0) is 6.42 Å². The van der Waals surface area contributed by atoms with E-state index in [-0.39, 0.29) is 0 Å². The van der Waals surface area contributed by atoms with Crippen molar-refractivity contribution in [2.24, 2.45) is 4.99 Å². The summed E-state index contributed by atoms with van der Waals surface area (Å²) in [6, 6.07) is 12.0. The molecular formula is C24H24N6O2. The maximum Gasteiger partial charge on any atom is 0.160 e. The quantitative estimate of drug-likeness (QED) is 0.622. The van der Waals surface area contributed by atoms with Crippen LogP contribution in [0, 0.1) is 0 Å². The number of nitrogens with one attached hydrogen (secondary N) is 2. The fourth-order valence-corrected chi connectivity index (χ4v) is 3.99. The molecule has 0 aliphatic carbocycles. The highest BCUT2D eigenvalue weighted by Crippen LogP contribution is 2.40. The minimum Gasteiger partial charge on any atom is -0.493 e. The van der Waals surface area contributed by atoms with Crippen molar-refractivity contribution in [2.45, 2.75) is 6.42 Å². The number of anilines is 2. The summed E-state index contributed by atoms with van der Waals surface area (Å²) in [7, 11) is 3.29. The van der Waals surface area contributed by atoms with E-state index in [1.54, 1.807) is 20.4 Å². The zero-order valence-electron chi connectivity index (χ0n) is 18.0. The van der Waals surface area contributed by atoms with E-state index in [4.69, 9.17) is 14.5 Å². The normalized spacial score (nSPS) is 14.1. The molecule has 0 saturated heterocycles. The molecule has 162 valence electrons. The van der Waals surface area contributed by atoms with Crippen LogP contribution in [0.2, 0.25) is 0 Å². The van der Waals surface area contributed by atoms with Crippen LogP contribution < -0.4 is 20.2 Å². The summed E-state index contributed by atoms with van der Waals surface area (Å²) in [5.41, 5.74) is 9.69. The summed E-state index contributed by atoms with van der Waals surface area (Å²) < 4.78 is 10.7. The fraction of sp³-hybridized carbons (Fsp3) is 0.208. The van der Waals surface area contributed by atoms with Gasteiger partial charge in [0.2, 0.25) is 0 Å². The second kappa shape index (κ2) is 8.68. The molecule has 0 atom stereocenters. The van der Waals surface area contributed by atoms with E-state index < -0.39 is 0 Å². The molecule has 1 aromatic carbocycles. The summed E-state index contributed by atoms with van der Waals surface area (Å²) in [5, 5.41) is 5.43. The van der Waals surface area contributed by atoms with E-state index in [2.05, 4.69) is 26.8 Å². The number of hydrogen-bond donors (Lipinski definition) is 2. The molecule has 32 heavy (non-hydrogen) atoms. The van der Waals surface area contributed by atoms with Gasteiger partial charge in [-0.3, -0.25) is 9.99 Å². The van der Waals surface area contributed by atoms with Gasteiger partial charge in [0.25, 0.3) is 0 Å². The van der Waals surface area contributed by atoms with Gasteiger partial charge in [0.05, 0.1) is 38.3 Å². The molecule has 5 rings (SSSR count). The Morgan fingerprint density at radius 2 is 1.97 bits per heavy atom. The lowest BCUT2D eigenvalue weighted by molar-refractivity contribution is 0.348. The van der Waals surface area contributed by atoms with Crippen LogP contribution in [0.1, 0.15) is 16.7 Å². The number of rotatable bonds is 6. The van der Waals surface area contributed by atoms with Gasteiger partial charge in [-0.1, -0.05) is 6.07 Å². The summed E-state index contributed by atoms with van der Waals surface area (Å²) >= 11 is 0. The van der Waals surface area contributed by atoms with Crippen molar-refractivity contribution in [3.05, 3.63) is 71.7 Å². The summed E-state index contributed by atoms with van der Waals surface area (Å²) in [4.78, 5) is 13.6. The van der Waals surface area contributed by atoms with Crippen LogP contribution in [0.15, 0.2) is 60.0 Å². The number of ether oxygens (including phenoxy) is 2. The van der Waals surface area contributed by atoms with Crippen LogP contribution in [0.4, 0.5) is 11.5 Å². The monoisotopic (exact) mass is 428 g/mol. The summed E-state index contributed by atoms with van der Waals surface area (Å²) in [6.07, 6.45) is 8.10. The average Bonchev–Trinajstić information content (AvgIpc) is 2.98. The topological polar surface area (TPSA) is 83.9 Å². The van der Waals surface area contributed by atoms with Gasteiger partial charge in [0.1, 0.15) is 12.2 Å². The first-order valence-corrected chi connectivity index (χ1v) is 10.4. The molecule has 0 saturated carbocycles. The summed E-state index contributed by atoms with van der Waals surface area (Å²) in [5.74, 6) is 2.26. The molecule has 0 fully saturated rings. The molecule has 8 heteroatoms. The highest BCUT2D eigenvalue weighted by molar-refractivity contribution is 6.03. The molecule has 0 unspecified atom stereocenters. The lowest BCUT2D eigenvalue weighted by atomic mass is 10.0. The van der Waals surface area contributed by atoms with Crippen molar-refractivity contribution >= 4 is 29.1 Å². The minimum atomic E-state index is 0.678. The summed E-state index contributed by atoms with van der Waals surface area (Å²) in [6.45, 7) is 1.43. The van der Waals surface area contributed by atoms with Gasteiger partial charge >= 0.3 is 0 Å². The van der Waals surface area contributed by atoms with Crippen LogP contribution >= 0.6 is 0 Å². The van der Waals surface area contributed by atoms with Crippen LogP contribution in [-0.4, -0.2) is 48.6 Å². The molecule has 3 aromatic rings. The largest absolute Gasteiger partial charge is 0.493 e. The number of aliphatic imine (C=N–C) groups is 1. The second-order valence-electron chi connectivity index (χ2n) is 7.49. The Labute approximate surface area is 186 Å². The van der Waals surface area contributed by atoms with Crippen LogP contribution in [0.3, 0.4) is 0 Å². The number of pyridine rings is 2. The number of methoxy groups -OCH3 is 2. The lowest BCUT2D eigenvalue weighted by Crippen LogP contribution is -2.40. The highest BCUT2D eigenvalue weighted by atomic mass is 16.5. The van der Waals surface area contributed by atoms with E-state index >= 15 is 0 Å². The van der Waals surface area contributed by atoms with Crippen molar-refractivity contribution < 1.29 is 9.47 Å².